The summed E-state index contributed by atoms with van der Waals surface area (Å²) < 4.78 is 1.40. The summed E-state index contributed by atoms with van der Waals surface area (Å²) >= 11 is 0. The van der Waals surface area contributed by atoms with Gasteiger partial charge in [0.1, 0.15) is 5.69 Å². The smallest absolute Gasteiger partial charge is 0.274 e. The second kappa shape index (κ2) is 4.61. The number of nitrogens with one attached hydrogen (secondary N) is 1. The van der Waals surface area contributed by atoms with Gasteiger partial charge in [0.2, 0.25) is 5.56 Å². The van der Waals surface area contributed by atoms with Crippen molar-refractivity contribution in [2.45, 2.75) is 0 Å². The van der Waals surface area contributed by atoms with E-state index in [0.29, 0.717) is 11.4 Å². The molecule has 0 radical (unpaired) electrons. The van der Waals surface area contributed by atoms with Gasteiger partial charge in [-0.15, -0.1) is 0 Å². The first-order valence-electron chi connectivity index (χ1n) is 5.06. The van der Waals surface area contributed by atoms with Crippen molar-refractivity contribution in [3.63, 3.8) is 0 Å². The summed E-state index contributed by atoms with van der Waals surface area (Å²) in [4.78, 5) is 26.8. The molecule has 5 nitrogen and oxygen atoms in total. The summed E-state index contributed by atoms with van der Waals surface area (Å²) in [6.07, 6.45) is 3.11. The molecule has 2 aromatic heterocycles. The van der Waals surface area contributed by atoms with Gasteiger partial charge in [-0.05, 0) is 18.2 Å². The van der Waals surface area contributed by atoms with E-state index in [2.05, 4.69) is 10.3 Å². The molecular weight excluding hydrogens is 218 g/mol. The molecule has 0 aliphatic carbocycles. The highest BCUT2D eigenvalue weighted by atomic mass is 16.2. The van der Waals surface area contributed by atoms with E-state index in [1.165, 1.54) is 10.6 Å². The van der Waals surface area contributed by atoms with Gasteiger partial charge in [-0.25, -0.2) is 0 Å². The van der Waals surface area contributed by atoms with Crippen molar-refractivity contribution < 1.29 is 4.79 Å². The van der Waals surface area contributed by atoms with E-state index >= 15 is 0 Å². The van der Waals surface area contributed by atoms with Gasteiger partial charge in [0.25, 0.3) is 5.91 Å². The van der Waals surface area contributed by atoms with E-state index in [9.17, 15) is 9.59 Å². The average molecular weight is 229 g/mol. The lowest BCUT2D eigenvalue weighted by Crippen LogP contribution is -2.18. The Hall–Kier alpha value is -2.43. The summed E-state index contributed by atoms with van der Waals surface area (Å²) in [5, 5.41) is 2.67. The third-order valence-electron chi connectivity index (χ3n) is 2.24. The highest BCUT2D eigenvalue weighted by Crippen LogP contribution is 2.05. The van der Waals surface area contributed by atoms with Crippen LogP contribution in [0.4, 0.5) is 5.69 Å². The van der Waals surface area contributed by atoms with Crippen LogP contribution in [0, 0.1) is 0 Å². The van der Waals surface area contributed by atoms with Gasteiger partial charge < -0.3 is 9.88 Å². The van der Waals surface area contributed by atoms with Crippen molar-refractivity contribution in [3.8, 4) is 0 Å². The summed E-state index contributed by atoms with van der Waals surface area (Å²) in [6.45, 7) is 0. The van der Waals surface area contributed by atoms with Crippen LogP contribution in [0.15, 0.2) is 47.5 Å². The Morgan fingerprint density at radius 3 is 2.76 bits per heavy atom. The van der Waals surface area contributed by atoms with Crippen LogP contribution in [0.3, 0.4) is 0 Å². The first kappa shape index (κ1) is 11.1. The molecule has 2 heterocycles. The molecular formula is C12H11N3O2. The van der Waals surface area contributed by atoms with Gasteiger partial charge in [-0.1, -0.05) is 6.07 Å². The number of nitrogens with zero attached hydrogens (tertiary/aromatic N) is 2. The van der Waals surface area contributed by atoms with E-state index < -0.39 is 0 Å². The Bertz CT molecular complexity index is 590. The second-order valence-electron chi connectivity index (χ2n) is 3.54. The molecule has 0 aromatic carbocycles. The predicted octanol–water partition coefficient (Wildman–Crippen LogP) is 1.03. The molecule has 0 bridgehead atoms. The van der Waals surface area contributed by atoms with Crippen LogP contribution < -0.4 is 10.9 Å². The molecule has 0 spiro atoms. The first-order chi connectivity index (χ1) is 8.16. The Balaban J connectivity index is 2.19. The number of pyridine rings is 2. The van der Waals surface area contributed by atoms with E-state index in [0.717, 1.165) is 0 Å². The molecule has 2 aromatic rings. The van der Waals surface area contributed by atoms with Gasteiger partial charge in [-0.3, -0.25) is 14.6 Å². The van der Waals surface area contributed by atoms with Crippen LogP contribution in [0.2, 0.25) is 0 Å². The topological polar surface area (TPSA) is 64.0 Å². The maximum Gasteiger partial charge on any atom is 0.274 e. The van der Waals surface area contributed by atoms with Crippen molar-refractivity contribution in [1.82, 2.24) is 9.55 Å². The van der Waals surface area contributed by atoms with Gasteiger partial charge in [0.05, 0.1) is 5.69 Å². The molecule has 0 saturated heterocycles. The summed E-state index contributed by atoms with van der Waals surface area (Å²) in [7, 11) is 1.62. The summed E-state index contributed by atoms with van der Waals surface area (Å²) in [6, 6.07) is 8.06. The maximum absolute atomic E-state index is 11.7. The summed E-state index contributed by atoms with van der Waals surface area (Å²) in [5.74, 6) is -0.302. The monoisotopic (exact) mass is 229 g/mol. The number of aryl methyl sites for hydroxylation is 1. The minimum atomic E-state index is -0.302. The summed E-state index contributed by atoms with van der Waals surface area (Å²) in [5.41, 5.74) is 0.768. The highest BCUT2D eigenvalue weighted by molar-refractivity contribution is 6.02. The third-order valence-corrected chi connectivity index (χ3v) is 2.24. The SMILES string of the molecule is Cn1cc(NC(=O)c2ccccn2)ccc1=O. The fourth-order valence-electron chi connectivity index (χ4n) is 1.36. The Kier molecular flexibility index (Phi) is 3.00. The van der Waals surface area contributed by atoms with E-state index in [-0.39, 0.29) is 11.5 Å². The van der Waals surface area contributed by atoms with Crippen molar-refractivity contribution in [3.05, 3.63) is 58.8 Å². The lowest BCUT2D eigenvalue weighted by atomic mass is 10.3. The van der Waals surface area contributed by atoms with Gasteiger partial charge >= 0.3 is 0 Å². The molecule has 2 rings (SSSR count). The molecule has 0 unspecified atom stereocenters. The number of hydrogen-bond donors (Lipinski definition) is 1. The maximum atomic E-state index is 11.7. The second-order valence-corrected chi connectivity index (χ2v) is 3.54. The van der Waals surface area contributed by atoms with E-state index in [1.54, 1.807) is 43.7 Å². The van der Waals surface area contributed by atoms with Crippen LogP contribution in [-0.4, -0.2) is 15.5 Å². The molecule has 1 amide bonds. The van der Waals surface area contributed by atoms with Gasteiger partial charge in [-0.2, -0.15) is 0 Å². The van der Waals surface area contributed by atoms with E-state index in [1.807, 2.05) is 0 Å². The van der Waals surface area contributed by atoms with Crippen molar-refractivity contribution in [2.75, 3.05) is 5.32 Å². The number of aromatic nitrogens is 2. The Labute approximate surface area is 97.7 Å². The normalized spacial score (nSPS) is 9.94. The molecule has 0 aliphatic heterocycles. The van der Waals surface area contributed by atoms with Gasteiger partial charge in [0, 0.05) is 25.5 Å². The zero-order valence-corrected chi connectivity index (χ0v) is 9.25. The van der Waals surface area contributed by atoms with Crippen LogP contribution in [0.25, 0.3) is 0 Å². The van der Waals surface area contributed by atoms with Crippen molar-refractivity contribution >= 4 is 11.6 Å². The van der Waals surface area contributed by atoms with Crippen LogP contribution in [0.1, 0.15) is 10.5 Å². The molecule has 0 atom stereocenters. The average Bonchev–Trinajstić information content (AvgIpc) is 2.35. The lowest BCUT2D eigenvalue weighted by molar-refractivity contribution is 0.102. The largest absolute Gasteiger partial charge is 0.319 e. The number of carbonyl (C=O) groups excluding carboxylic acids is 1. The Morgan fingerprint density at radius 1 is 1.29 bits per heavy atom. The zero-order chi connectivity index (χ0) is 12.3. The molecule has 0 aliphatic rings. The third kappa shape index (κ3) is 2.57. The fraction of sp³-hybridized carbons (Fsp3) is 0.0833. The number of amides is 1. The Morgan fingerprint density at radius 2 is 2.12 bits per heavy atom. The molecule has 1 N–H and O–H groups in total. The predicted molar refractivity (Wildman–Crippen MR) is 63.9 cm³/mol. The highest BCUT2D eigenvalue weighted by Gasteiger charge is 2.06. The number of anilines is 1. The molecule has 0 fully saturated rings. The molecule has 17 heavy (non-hydrogen) atoms. The first-order valence-corrected chi connectivity index (χ1v) is 5.06. The standard InChI is InChI=1S/C12H11N3O2/c1-15-8-9(5-6-11(15)16)14-12(17)10-4-2-3-7-13-10/h2-8H,1H3,(H,14,17). The quantitative estimate of drug-likeness (QED) is 0.836. The molecule has 86 valence electrons. The van der Waals surface area contributed by atoms with Crippen LogP contribution >= 0.6 is 0 Å². The number of rotatable bonds is 2. The number of hydrogen-bond acceptors (Lipinski definition) is 3. The van der Waals surface area contributed by atoms with Crippen molar-refractivity contribution in [2.24, 2.45) is 7.05 Å². The van der Waals surface area contributed by atoms with Crippen molar-refractivity contribution in [1.29, 1.82) is 0 Å². The molecule has 5 heteroatoms. The number of carbonyl (C=O) groups is 1. The minimum absolute atomic E-state index is 0.124. The van der Waals surface area contributed by atoms with E-state index in [4.69, 9.17) is 0 Å². The van der Waals surface area contributed by atoms with Crippen LogP contribution in [0.5, 0.6) is 0 Å². The zero-order valence-electron chi connectivity index (χ0n) is 9.25. The van der Waals surface area contributed by atoms with Gasteiger partial charge in [0.15, 0.2) is 0 Å². The van der Waals surface area contributed by atoms with Crippen LogP contribution in [-0.2, 0) is 7.05 Å². The molecule has 0 saturated carbocycles. The minimum Gasteiger partial charge on any atom is -0.319 e. The lowest BCUT2D eigenvalue weighted by Gasteiger charge is -2.05. The fourth-order valence-corrected chi connectivity index (χ4v) is 1.36.